The quantitative estimate of drug-likeness (QED) is 0.509. The molecule has 0 aliphatic rings. The Kier molecular flexibility index (Phi) is 10.1. The van der Waals surface area contributed by atoms with Gasteiger partial charge in [0.1, 0.15) is 12.4 Å². The molecule has 0 bridgehead atoms. The zero-order chi connectivity index (χ0) is 21.5. The molecule has 4 nitrogen and oxygen atoms in total. The van der Waals surface area contributed by atoms with E-state index in [4.69, 9.17) is 22.1 Å². The molecular weight excluding hydrogens is 442 g/mol. The van der Waals surface area contributed by atoms with E-state index in [1.165, 1.54) is 12.1 Å². The standard InChI is InChI=1S/C21H23ClF3NO3.ClH/c22-17-6-3-15(4-7-17)2-1-11-29-19-8-5-16(12-18(19)21(23,24)25)9-10-20(26,13-27)14-28;/h1-8,12,27-28H,9-11,13-14,26H2;1H/b2-1+;. The molecule has 30 heavy (non-hydrogen) atoms. The molecular formula is C21H24Cl2F3NO3. The molecule has 0 radical (unpaired) electrons. The predicted octanol–water partition coefficient (Wildman–Crippen LogP) is 4.49. The summed E-state index contributed by atoms with van der Waals surface area (Å²) in [7, 11) is 0. The van der Waals surface area contributed by atoms with E-state index >= 15 is 0 Å². The third kappa shape index (κ3) is 7.81. The van der Waals surface area contributed by atoms with E-state index in [-0.39, 0.29) is 37.6 Å². The average molecular weight is 466 g/mol. The molecule has 166 valence electrons. The van der Waals surface area contributed by atoms with Crippen LogP contribution < -0.4 is 10.5 Å². The molecule has 0 saturated heterocycles. The number of aryl methyl sites for hydroxylation is 1. The number of aliphatic hydroxyl groups is 2. The minimum Gasteiger partial charge on any atom is -0.489 e. The van der Waals surface area contributed by atoms with Crippen LogP contribution in [0.25, 0.3) is 6.08 Å². The van der Waals surface area contributed by atoms with Crippen molar-refractivity contribution in [1.29, 1.82) is 0 Å². The summed E-state index contributed by atoms with van der Waals surface area (Å²) >= 11 is 5.80. The van der Waals surface area contributed by atoms with Crippen LogP contribution in [0.3, 0.4) is 0 Å². The molecule has 0 spiro atoms. The Balaban J connectivity index is 0.00000450. The van der Waals surface area contributed by atoms with Crippen molar-refractivity contribution in [2.24, 2.45) is 5.73 Å². The summed E-state index contributed by atoms with van der Waals surface area (Å²) in [4.78, 5) is 0. The Labute approximate surface area is 184 Å². The number of alkyl halides is 3. The molecule has 0 saturated carbocycles. The summed E-state index contributed by atoms with van der Waals surface area (Å²) in [5.74, 6) is -0.273. The van der Waals surface area contributed by atoms with Gasteiger partial charge in [-0.3, -0.25) is 0 Å². The highest BCUT2D eigenvalue weighted by atomic mass is 35.5. The van der Waals surface area contributed by atoms with Crippen LogP contribution in [0.5, 0.6) is 5.75 Å². The van der Waals surface area contributed by atoms with Crippen LogP contribution in [0.2, 0.25) is 5.02 Å². The third-order valence-electron chi connectivity index (χ3n) is 4.41. The second-order valence-corrected chi connectivity index (χ2v) is 7.21. The van der Waals surface area contributed by atoms with Crippen LogP contribution in [0, 0.1) is 0 Å². The summed E-state index contributed by atoms with van der Waals surface area (Å²) in [5.41, 5.74) is 4.89. The highest BCUT2D eigenvalue weighted by molar-refractivity contribution is 6.30. The van der Waals surface area contributed by atoms with E-state index in [2.05, 4.69) is 0 Å². The first-order valence-electron chi connectivity index (χ1n) is 8.92. The Morgan fingerprint density at radius 2 is 1.67 bits per heavy atom. The minimum absolute atomic E-state index is 0. The summed E-state index contributed by atoms with van der Waals surface area (Å²) in [6, 6.07) is 10.8. The number of hydrogen-bond donors (Lipinski definition) is 3. The SMILES string of the molecule is Cl.NC(CO)(CO)CCc1ccc(OC/C=C/c2ccc(Cl)cc2)c(C(F)(F)F)c1. The Morgan fingerprint density at radius 1 is 1.03 bits per heavy atom. The number of ether oxygens (including phenoxy) is 1. The van der Waals surface area contributed by atoms with Crippen LogP contribution in [-0.4, -0.2) is 35.6 Å². The van der Waals surface area contributed by atoms with Gasteiger partial charge in [0.15, 0.2) is 0 Å². The third-order valence-corrected chi connectivity index (χ3v) is 4.66. The monoisotopic (exact) mass is 465 g/mol. The summed E-state index contributed by atoms with van der Waals surface area (Å²) in [6.45, 7) is -0.959. The average Bonchev–Trinajstić information content (AvgIpc) is 2.70. The number of nitrogens with two attached hydrogens (primary N) is 1. The maximum atomic E-state index is 13.4. The predicted molar refractivity (Wildman–Crippen MR) is 114 cm³/mol. The van der Waals surface area contributed by atoms with E-state index < -0.39 is 30.5 Å². The van der Waals surface area contributed by atoms with E-state index in [9.17, 15) is 23.4 Å². The fourth-order valence-corrected chi connectivity index (χ4v) is 2.70. The van der Waals surface area contributed by atoms with Crippen molar-refractivity contribution in [3.8, 4) is 5.75 Å². The van der Waals surface area contributed by atoms with Gasteiger partial charge < -0.3 is 20.7 Å². The van der Waals surface area contributed by atoms with Gasteiger partial charge in [-0.1, -0.05) is 35.9 Å². The van der Waals surface area contributed by atoms with Crippen LogP contribution in [0.1, 0.15) is 23.1 Å². The van der Waals surface area contributed by atoms with Gasteiger partial charge in [0.25, 0.3) is 0 Å². The maximum Gasteiger partial charge on any atom is 0.419 e. The summed E-state index contributed by atoms with van der Waals surface area (Å²) in [6.07, 6.45) is -0.928. The van der Waals surface area contributed by atoms with Gasteiger partial charge in [0.2, 0.25) is 0 Å². The molecule has 0 unspecified atom stereocenters. The van der Waals surface area contributed by atoms with Gasteiger partial charge in [-0.05, 0) is 54.3 Å². The second-order valence-electron chi connectivity index (χ2n) is 6.77. The van der Waals surface area contributed by atoms with Gasteiger partial charge in [0, 0.05) is 5.02 Å². The highest BCUT2D eigenvalue weighted by Crippen LogP contribution is 2.37. The maximum absolute atomic E-state index is 13.4. The molecule has 4 N–H and O–H groups in total. The van der Waals surface area contributed by atoms with E-state index in [1.54, 1.807) is 36.4 Å². The van der Waals surface area contributed by atoms with Crippen LogP contribution in [0.15, 0.2) is 48.5 Å². The highest BCUT2D eigenvalue weighted by Gasteiger charge is 2.35. The number of benzene rings is 2. The molecule has 0 aliphatic carbocycles. The first-order chi connectivity index (χ1) is 13.7. The molecule has 0 fully saturated rings. The Hall–Kier alpha value is -1.77. The minimum atomic E-state index is -4.58. The number of rotatable bonds is 9. The molecule has 9 heteroatoms. The lowest BCUT2D eigenvalue weighted by molar-refractivity contribution is -0.138. The summed E-state index contributed by atoms with van der Waals surface area (Å²) in [5, 5.41) is 19.0. The fraction of sp³-hybridized carbons (Fsp3) is 0.333. The molecule has 0 atom stereocenters. The van der Waals surface area contributed by atoms with Crippen molar-refractivity contribution >= 4 is 30.1 Å². The van der Waals surface area contributed by atoms with Gasteiger partial charge in [0.05, 0.1) is 24.3 Å². The summed E-state index contributed by atoms with van der Waals surface area (Å²) < 4.78 is 45.6. The van der Waals surface area contributed by atoms with Crippen LogP contribution in [-0.2, 0) is 12.6 Å². The zero-order valence-corrected chi connectivity index (χ0v) is 17.6. The first kappa shape index (κ1) is 26.3. The Morgan fingerprint density at radius 3 is 2.23 bits per heavy atom. The first-order valence-corrected chi connectivity index (χ1v) is 9.30. The molecule has 2 rings (SSSR count). The van der Waals surface area contributed by atoms with E-state index in [0.717, 1.165) is 11.6 Å². The van der Waals surface area contributed by atoms with Crippen LogP contribution >= 0.6 is 24.0 Å². The van der Waals surface area contributed by atoms with Crippen molar-refractivity contribution in [3.05, 3.63) is 70.3 Å². The van der Waals surface area contributed by atoms with Crippen molar-refractivity contribution in [3.63, 3.8) is 0 Å². The molecule has 0 heterocycles. The number of halogens is 5. The van der Waals surface area contributed by atoms with Crippen molar-refractivity contribution in [1.82, 2.24) is 0 Å². The lowest BCUT2D eigenvalue weighted by atomic mass is 9.93. The van der Waals surface area contributed by atoms with Crippen molar-refractivity contribution < 1.29 is 28.1 Å². The van der Waals surface area contributed by atoms with Crippen molar-refractivity contribution in [2.45, 2.75) is 24.6 Å². The van der Waals surface area contributed by atoms with Gasteiger partial charge in [-0.2, -0.15) is 13.2 Å². The number of hydrogen-bond acceptors (Lipinski definition) is 4. The van der Waals surface area contributed by atoms with Gasteiger partial charge in [-0.15, -0.1) is 12.4 Å². The normalized spacial score (nSPS) is 12.1. The van der Waals surface area contributed by atoms with E-state index in [1.807, 2.05) is 0 Å². The van der Waals surface area contributed by atoms with Gasteiger partial charge >= 0.3 is 6.18 Å². The Bertz CT molecular complexity index is 823. The lowest BCUT2D eigenvalue weighted by Gasteiger charge is -2.24. The lowest BCUT2D eigenvalue weighted by Crippen LogP contribution is -2.47. The number of aliphatic hydroxyl groups excluding tert-OH is 2. The van der Waals surface area contributed by atoms with Gasteiger partial charge in [-0.25, -0.2) is 0 Å². The zero-order valence-electron chi connectivity index (χ0n) is 16.0. The molecule has 2 aromatic rings. The fourth-order valence-electron chi connectivity index (χ4n) is 2.58. The van der Waals surface area contributed by atoms with Crippen molar-refractivity contribution in [2.75, 3.05) is 19.8 Å². The largest absolute Gasteiger partial charge is 0.489 e. The second kappa shape index (κ2) is 11.6. The molecule has 2 aromatic carbocycles. The molecule has 0 amide bonds. The molecule has 0 aliphatic heterocycles. The van der Waals surface area contributed by atoms with E-state index in [0.29, 0.717) is 10.6 Å². The van der Waals surface area contributed by atoms with Crippen LogP contribution in [0.4, 0.5) is 13.2 Å². The smallest absolute Gasteiger partial charge is 0.419 e. The topological polar surface area (TPSA) is 75.7 Å². The molecule has 0 aromatic heterocycles.